The van der Waals surface area contributed by atoms with Crippen LogP contribution in [0.4, 0.5) is 0 Å². The summed E-state index contributed by atoms with van der Waals surface area (Å²) in [6.45, 7) is 4.34. The first-order valence-electron chi connectivity index (χ1n) is 6.45. The molecule has 0 aliphatic heterocycles. The summed E-state index contributed by atoms with van der Waals surface area (Å²) in [4.78, 5) is 0. The van der Waals surface area contributed by atoms with Crippen LogP contribution in [0.3, 0.4) is 0 Å². The summed E-state index contributed by atoms with van der Waals surface area (Å²) < 4.78 is 7.24. The van der Waals surface area contributed by atoms with Crippen molar-refractivity contribution in [1.82, 2.24) is 15.0 Å². The molecule has 0 amide bonds. The normalized spacial score (nSPS) is 15.4. The lowest BCUT2D eigenvalue weighted by Gasteiger charge is -2.07. The van der Waals surface area contributed by atoms with Gasteiger partial charge in [0.15, 0.2) is 0 Å². The lowest BCUT2D eigenvalue weighted by Crippen LogP contribution is -2.09. The van der Waals surface area contributed by atoms with Gasteiger partial charge in [0, 0.05) is 19.8 Å². The van der Waals surface area contributed by atoms with Crippen molar-refractivity contribution in [2.24, 2.45) is 5.92 Å². The van der Waals surface area contributed by atoms with Crippen molar-refractivity contribution in [2.75, 3.05) is 13.2 Å². The van der Waals surface area contributed by atoms with E-state index in [0.717, 1.165) is 49.9 Å². The van der Waals surface area contributed by atoms with Crippen molar-refractivity contribution in [3.8, 4) is 0 Å². The van der Waals surface area contributed by atoms with Gasteiger partial charge in [0.1, 0.15) is 5.69 Å². The molecule has 0 aromatic carbocycles. The zero-order valence-corrected chi connectivity index (χ0v) is 10.4. The molecule has 5 nitrogen and oxygen atoms in total. The Balaban J connectivity index is 1.91. The first-order valence-corrected chi connectivity index (χ1v) is 6.45. The Morgan fingerprint density at radius 3 is 2.94 bits per heavy atom. The number of aliphatic hydroxyl groups is 1. The van der Waals surface area contributed by atoms with Crippen LogP contribution in [-0.4, -0.2) is 33.3 Å². The first kappa shape index (κ1) is 12.5. The standard InChI is InChI=1S/C12H21N3O2/c1-2-17-7-3-6-15-12(8-10-4-5-10)11(9-16)13-14-15/h10,16H,2-9H2,1H3. The van der Waals surface area contributed by atoms with Crippen LogP contribution >= 0.6 is 0 Å². The fraction of sp³-hybridized carbons (Fsp3) is 0.833. The molecule has 0 bridgehead atoms. The minimum Gasteiger partial charge on any atom is -0.390 e. The predicted octanol–water partition coefficient (Wildman–Crippen LogP) is 1.15. The van der Waals surface area contributed by atoms with Gasteiger partial charge in [-0.2, -0.15) is 0 Å². The molecular weight excluding hydrogens is 218 g/mol. The minimum atomic E-state index is -0.00644. The molecule has 0 unspecified atom stereocenters. The van der Waals surface area contributed by atoms with Crippen molar-refractivity contribution in [3.63, 3.8) is 0 Å². The highest BCUT2D eigenvalue weighted by Crippen LogP contribution is 2.33. The van der Waals surface area contributed by atoms with Crippen LogP contribution in [-0.2, 0) is 24.3 Å². The zero-order chi connectivity index (χ0) is 12.1. The third-order valence-corrected chi connectivity index (χ3v) is 3.11. The second kappa shape index (κ2) is 6.12. The van der Waals surface area contributed by atoms with E-state index < -0.39 is 0 Å². The van der Waals surface area contributed by atoms with Gasteiger partial charge in [-0.1, -0.05) is 5.21 Å². The Kier molecular flexibility index (Phi) is 4.50. The highest BCUT2D eigenvalue weighted by Gasteiger charge is 2.25. The molecule has 0 spiro atoms. The Hall–Kier alpha value is -0.940. The zero-order valence-electron chi connectivity index (χ0n) is 10.4. The Bertz CT molecular complexity index is 348. The van der Waals surface area contributed by atoms with E-state index in [1.165, 1.54) is 12.8 Å². The van der Waals surface area contributed by atoms with Gasteiger partial charge in [0.25, 0.3) is 0 Å². The summed E-state index contributed by atoms with van der Waals surface area (Å²) in [6.07, 6.45) is 4.56. The number of aromatic nitrogens is 3. The van der Waals surface area contributed by atoms with E-state index in [1.54, 1.807) is 0 Å². The first-order chi connectivity index (χ1) is 8.35. The van der Waals surface area contributed by atoms with Crippen molar-refractivity contribution >= 4 is 0 Å². The number of rotatable bonds is 8. The molecule has 17 heavy (non-hydrogen) atoms. The van der Waals surface area contributed by atoms with Gasteiger partial charge in [0.05, 0.1) is 12.3 Å². The SMILES string of the molecule is CCOCCCn1nnc(CO)c1CC1CC1. The molecule has 2 rings (SSSR count). The summed E-state index contributed by atoms with van der Waals surface area (Å²) in [5, 5.41) is 17.4. The lowest BCUT2D eigenvalue weighted by molar-refractivity contribution is 0.140. The molecule has 1 heterocycles. The third-order valence-electron chi connectivity index (χ3n) is 3.11. The van der Waals surface area contributed by atoms with Gasteiger partial charge in [-0.15, -0.1) is 5.10 Å². The molecule has 96 valence electrons. The average Bonchev–Trinajstić information content (AvgIpc) is 3.07. The topological polar surface area (TPSA) is 60.2 Å². The molecule has 5 heteroatoms. The van der Waals surface area contributed by atoms with Crippen molar-refractivity contribution in [2.45, 2.75) is 45.8 Å². The van der Waals surface area contributed by atoms with E-state index >= 15 is 0 Å². The number of ether oxygens (including phenoxy) is 1. The minimum absolute atomic E-state index is 0.00644. The molecular formula is C12H21N3O2. The van der Waals surface area contributed by atoms with Crippen LogP contribution < -0.4 is 0 Å². The van der Waals surface area contributed by atoms with Crippen molar-refractivity contribution < 1.29 is 9.84 Å². The summed E-state index contributed by atoms with van der Waals surface area (Å²) in [5.41, 5.74) is 1.86. The number of hydrogen-bond donors (Lipinski definition) is 1. The molecule has 1 aromatic heterocycles. The van der Waals surface area contributed by atoms with Crippen LogP contribution in [0, 0.1) is 5.92 Å². The van der Waals surface area contributed by atoms with Gasteiger partial charge in [-0.05, 0) is 38.5 Å². The summed E-state index contributed by atoms with van der Waals surface area (Å²) in [6, 6.07) is 0. The Morgan fingerprint density at radius 2 is 2.29 bits per heavy atom. The number of nitrogens with zero attached hydrogens (tertiary/aromatic N) is 3. The van der Waals surface area contributed by atoms with E-state index in [1.807, 2.05) is 11.6 Å². The quantitative estimate of drug-likeness (QED) is 0.691. The lowest BCUT2D eigenvalue weighted by atomic mass is 10.2. The molecule has 0 atom stereocenters. The van der Waals surface area contributed by atoms with E-state index in [9.17, 15) is 5.11 Å². The van der Waals surface area contributed by atoms with E-state index in [0.29, 0.717) is 0 Å². The smallest absolute Gasteiger partial charge is 0.111 e. The van der Waals surface area contributed by atoms with Crippen molar-refractivity contribution in [1.29, 1.82) is 0 Å². The number of aryl methyl sites for hydroxylation is 1. The summed E-state index contributed by atoms with van der Waals surface area (Å²) in [5.74, 6) is 0.782. The maximum Gasteiger partial charge on any atom is 0.111 e. The second-order valence-corrected chi connectivity index (χ2v) is 4.56. The maximum absolute atomic E-state index is 9.23. The average molecular weight is 239 g/mol. The van der Waals surface area contributed by atoms with Crippen LogP contribution in [0.15, 0.2) is 0 Å². The third kappa shape index (κ3) is 3.51. The molecule has 1 N–H and O–H groups in total. The maximum atomic E-state index is 9.23. The number of hydrogen-bond acceptors (Lipinski definition) is 4. The number of aliphatic hydroxyl groups excluding tert-OH is 1. The molecule has 1 aliphatic carbocycles. The fourth-order valence-corrected chi connectivity index (χ4v) is 1.95. The fourth-order valence-electron chi connectivity index (χ4n) is 1.95. The van der Waals surface area contributed by atoms with Gasteiger partial charge < -0.3 is 9.84 Å². The van der Waals surface area contributed by atoms with Gasteiger partial charge in [-0.3, -0.25) is 0 Å². The Morgan fingerprint density at radius 1 is 1.47 bits per heavy atom. The van der Waals surface area contributed by atoms with Crippen LogP contribution in [0.25, 0.3) is 0 Å². The Labute approximate surface area is 102 Å². The largest absolute Gasteiger partial charge is 0.390 e. The van der Waals surface area contributed by atoms with E-state index in [4.69, 9.17) is 4.74 Å². The molecule has 1 aliphatic rings. The molecule has 1 aromatic rings. The van der Waals surface area contributed by atoms with E-state index in [2.05, 4.69) is 10.3 Å². The van der Waals surface area contributed by atoms with Crippen molar-refractivity contribution in [3.05, 3.63) is 11.4 Å². The highest BCUT2D eigenvalue weighted by molar-refractivity contribution is 5.11. The highest BCUT2D eigenvalue weighted by atomic mass is 16.5. The van der Waals surface area contributed by atoms with Crippen LogP contribution in [0.1, 0.15) is 37.6 Å². The molecule has 1 fully saturated rings. The predicted molar refractivity (Wildman–Crippen MR) is 63.5 cm³/mol. The van der Waals surface area contributed by atoms with Crippen LogP contribution in [0.2, 0.25) is 0 Å². The van der Waals surface area contributed by atoms with Crippen LogP contribution in [0.5, 0.6) is 0 Å². The van der Waals surface area contributed by atoms with E-state index in [-0.39, 0.29) is 6.61 Å². The van der Waals surface area contributed by atoms with Gasteiger partial charge in [0.2, 0.25) is 0 Å². The molecule has 0 saturated heterocycles. The summed E-state index contributed by atoms with van der Waals surface area (Å²) in [7, 11) is 0. The van der Waals surface area contributed by atoms with Gasteiger partial charge >= 0.3 is 0 Å². The second-order valence-electron chi connectivity index (χ2n) is 4.56. The summed E-state index contributed by atoms with van der Waals surface area (Å²) >= 11 is 0. The monoisotopic (exact) mass is 239 g/mol. The molecule has 1 saturated carbocycles. The van der Waals surface area contributed by atoms with Gasteiger partial charge in [-0.25, -0.2) is 4.68 Å². The molecule has 0 radical (unpaired) electrons.